The zero-order valence-corrected chi connectivity index (χ0v) is 36.3. The second-order valence-electron chi connectivity index (χ2n) is 15.8. The molecule has 3 N–H and O–H groups in total. The summed E-state index contributed by atoms with van der Waals surface area (Å²) in [6, 6.07) is -0.708. The van der Waals surface area contributed by atoms with Gasteiger partial charge in [-0.3, -0.25) is 9.59 Å². The lowest BCUT2D eigenvalue weighted by Crippen LogP contribution is -2.46. The predicted octanol–water partition coefficient (Wildman–Crippen LogP) is 13.5. The number of hydrogen-bond acceptors (Lipinski definition) is 5. The molecule has 6 nitrogen and oxygen atoms in total. The summed E-state index contributed by atoms with van der Waals surface area (Å²) in [7, 11) is 0. The van der Waals surface area contributed by atoms with Crippen molar-refractivity contribution in [3.63, 3.8) is 0 Å². The van der Waals surface area contributed by atoms with Crippen molar-refractivity contribution in [3.8, 4) is 0 Å². The number of amides is 1. The van der Waals surface area contributed by atoms with E-state index >= 15 is 0 Å². The van der Waals surface area contributed by atoms with Crippen molar-refractivity contribution in [2.75, 3.05) is 6.61 Å². The van der Waals surface area contributed by atoms with Gasteiger partial charge in [-0.25, -0.2) is 0 Å². The van der Waals surface area contributed by atoms with Crippen LogP contribution in [0.15, 0.2) is 48.6 Å². The zero-order chi connectivity index (χ0) is 40.3. The first-order chi connectivity index (χ1) is 27.0. The second-order valence-corrected chi connectivity index (χ2v) is 15.8. The summed E-state index contributed by atoms with van der Waals surface area (Å²) in [6.45, 7) is 6.26. The fourth-order valence-corrected chi connectivity index (χ4v) is 6.90. The minimum atomic E-state index is -0.793. The van der Waals surface area contributed by atoms with E-state index in [1.807, 2.05) is 0 Å². The molecule has 0 saturated carbocycles. The van der Waals surface area contributed by atoms with Gasteiger partial charge in [0, 0.05) is 6.42 Å². The van der Waals surface area contributed by atoms with Crippen LogP contribution < -0.4 is 5.32 Å². The van der Waals surface area contributed by atoms with Gasteiger partial charge in [-0.15, -0.1) is 0 Å². The molecule has 320 valence electrons. The molecule has 0 rings (SSSR count). The van der Waals surface area contributed by atoms with Crippen LogP contribution >= 0.6 is 0 Å². The lowest BCUT2D eigenvalue weighted by molar-refractivity contribution is -0.151. The SMILES string of the molecule is CC/C=C/C=C/C=C\CCCCCCCC(=O)OC(CCCCC/C=C\CCC)CC(=O)NC(CO)C(O)CCCCCCCCCCCCCCCCC. The molecule has 0 radical (unpaired) electrons. The highest BCUT2D eigenvalue weighted by Crippen LogP contribution is 2.17. The standard InChI is InChI=1S/C49H89NO5/c1-4-7-10-13-16-19-21-23-24-26-27-29-32-35-38-41-47(52)46(44-51)50-48(53)43-45(40-37-34-31-18-15-12-9-6-3)55-49(54)42-39-36-33-30-28-25-22-20-17-14-11-8-5-2/h8,11-12,14-15,17,20,22,45-47,51-52H,4-7,9-10,13,16,18-19,21,23-44H2,1-3H3,(H,50,53)/b11-8+,15-12-,17-14+,22-20-. The Morgan fingerprint density at radius 1 is 0.545 bits per heavy atom. The van der Waals surface area contributed by atoms with E-state index in [4.69, 9.17) is 4.74 Å². The first-order valence-electron chi connectivity index (χ1n) is 23.4. The summed E-state index contributed by atoms with van der Waals surface area (Å²) in [5, 5.41) is 23.6. The Labute approximate surface area is 340 Å². The quantitative estimate of drug-likeness (QED) is 0.0249. The summed E-state index contributed by atoms with van der Waals surface area (Å²) in [6.07, 6.45) is 50.4. The van der Waals surface area contributed by atoms with Crippen LogP contribution in [0.2, 0.25) is 0 Å². The number of hydrogen-bond donors (Lipinski definition) is 3. The van der Waals surface area contributed by atoms with Gasteiger partial charge in [0.2, 0.25) is 5.91 Å². The first-order valence-corrected chi connectivity index (χ1v) is 23.4. The van der Waals surface area contributed by atoms with Crippen molar-refractivity contribution in [1.82, 2.24) is 5.32 Å². The van der Waals surface area contributed by atoms with Gasteiger partial charge in [-0.05, 0) is 64.2 Å². The van der Waals surface area contributed by atoms with Crippen LogP contribution in [0, 0.1) is 0 Å². The van der Waals surface area contributed by atoms with Crippen LogP contribution in [0.1, 0.15) is 226 Å². The first kappa shape index (κ1) is 52.8. The van der Waals surface area contributed by atoms with Gasteiger partial charge in [-0.1, -0.05) is 198 Å². The number of aliphatic hydroxyl groups is 2. The molecular formula is C49H89NO5. The van der Waals surface area contributed by atoms with E-state index in [-0.39, 0.29) is 24.9 Å². The summed E-state index contributed by atoms with van der Waals surface area (Å²) in [5.41, 5.74) is 0. The third-order valence-electron chi connectivity index (χ3n) is 10.4. The van der Waals surface area contributed by atoms with Crippen molar-refractivity contribution < 1.29 is 24.5 Å². The van der Waals surface area contributed by atoms with Gasteiger partial charge in [0.15, 0.2) is 0 Å². The Bertz CT molecular complexity index is 957. The van der Waals surface area contributed by atoms with Crippen LogP contribution in [0.25, 0.3) is 0 Å². The molecule has 1 amide bonds. The predicted molar refractivity (Wildman–Crippen MR) is 236 cm³/mol. The molecule has 0 spiro atoms. The number of nitrogens with one attached hydrogen (secondary N) is 1. The van der Waals surface area contributed by atoms with Gasteiger partial charge in [-0.2, -0.15) is 0 Å². The molecule has 0 aliphatic rings. The third-order valence-corrected chi connectivity index (χ3v) is 10.4. The molecule has 0 aromatic heterocycles. The molecule has 0 saturated heterocycles. The molecule has 6 heteroatoms. The van der Waals surface area contributed by atoms with Crippen LogP contribution in [0.4, 0.5) is 0 Å². The van der Waals surface area contributed by atoms with Gasteiger partial charge in [0.25, 0.3) is 0 Å². The average Bonchev–Trinajstić information content (AvgIpc) is 3.18. The number of unbranched alkanes of at least 4 members (excludes halogenated alkanes) is 23. The molecular weight excluding hydrogens is 683 g/mol. The molecule has 3 unspecified atom stereocenters. The minimum absolute atomic E-state index is 0.0575. The summed E-state index contributed by atoms with van der Waals surface area (Å²) in [4.78, 5) is 25.9. The molecule has 0 fully saturated rings. The van der Waals surface area contributed by atoms with Crippen LogP contribution in [-0.2, 0) is 14.3 Å². The van der Waals surface area contributed by atoms with E-state index in [0.717, 1.165) is 103 Å². The highest BCUT2D eigenvalue weighted by atomic mass is 16.5. The van der Waals surface area contributed by atoms with E-state index in [1.54, 1.807) is 0 Å². The fourth-order valence-electron chi connectivity index (χ4n) is 6.90. The van der Waals surface area contributed by atoms with Gasteiger partial charge in [0.1, 0.15) is 6.10 Å². The highest BCUT2D eigenvalue weighted by molar-refractivity contribution is 5.77. The Balaban J connectivity index is 4.47. The van der Waals surface area contributed by atoms with E-state index in [9.17, 15) is 19.8 Å². The second kappa shape index (κ2) is 43.0. The molecule has 0 aliphatic heterocycles. The van der Waals surface area contributed by atoms with Crippen molar-refractivity contribution in [1.29, 1.82) is 0 Å². The smallest absolute Gasteiger partial charge is 0.306 e. The minimum Gasteiger partial charge on any atom is -0.462 e. The largest absolute Gasteiger partial charge is 0.462 e. The van der Waals surface area contributed by atoms with E-state index in [1.165, 1.54) is 77.0 Å². The normalized spacial score (nSPS) is 13.8. The van der Waals surface area contributed by atoms with Crippen molar-refractivity contribution >= 4 is 11.9 Å². The van der Waals surface area contributed by atoms with Crippen molar-refractivity contribution in [2.45, 2.75) is 244 Å². The Morgan fingerprint density at radius 2 is 1.04 bits per heavy atom. The molecule has 0 heterocycles. The monoisotopic (exact) mass is 772 g/mol. The maximum atomic E-state index is 13.1. The molecule has 55 heavy (non-hydrogen) atoms. The fraction of sp³-hybridized carbons (Fsp3) is 0.796. The lowest BCUT2D eigenvalue weighted by Gasteiger charge is -2.24. The third kappa shape index (κ3) is 38.5. The van der Waals surface area contributed by atoms with Crippen LogP contribution in [0.5, 0.6) is 0 Å². The van der Waals surface area contributed by atoms with Gasteiger partial charge in [0.05, 0.1) is 25.2 Å². The number of carbonyl (C=O) groups excluding carboxylic acids is 2. The molecule has 0 aromatic carbocycles. The Kier molecular flexibility index (Phi) is 41.2. The number of rotatable bonds is 41. The molecule has 3 atom stereocenters. The zero-order valence-electron chi connectivity index (χ0n) is 36.3. The van der Waals surface area contributed by atoms with Crippen molar-refractivity contribution in [2.24, 2.45) is 0 Å². The Morgan fingerprint density at radius 3 is 1.62 bits per heavy atom. The maximum Gasteiger partial charge on any atom is 0.306 e. The number of esters is 1. The van der Waals surface area contributed by atoms with Crippen LogP contribution in [0.3, 0.4) is 0 Å². The Hall–Kier alpha value is -2.18. The van der Waals surface area contributed by atoms with Gasteiger partial charge < -0.3 is 20.3 Å². The topological polar surface area (TPSA) is 95.9 Å². The van der Waals surface area contributed by atoms with Gasteiger partial charge >= 0.3 is 5.97 Å². The lowest BCUT2D eigenvalue weighted by atomic mass is 10.0. The van der Waals surface area contributed by atoms with E-state index < -0.39 is 18.2 Å². The molecule has 0 bridgehead atoms. The van der Waals surface area contributed by atoms with E-state index in [2.05, 4.69) is 74.7 Å². The van der Waals surface area contributed by atoms with Crippen LogP contribution in [-0.4, -0.2) is 46.9 Å². The van der Waals surface area contributed by atoms with Crippen molar-refractivity contribution in [3.05, 3.63) is 48.6 Å². The summed E-state index contributed by atoms with van der Waals surface area (Å²) >= 11 is 0. The number of carbonyl (C=O) groups is 2. The molecule has 0 aromatic rings. The van der Waals surface area contributed by atoms with E-state index in [0.29, 0.717) is 19.3 Å². The maximum absolute atomic E-state index is 13.1. The number of aliphatic hydroxyl groups excluding tert-OH is 2. The highest BCUT2D eigenvalue weighted by Gasteiger charge is 2.24. The average molecular weight is 772 g/mol. The summed E-state index contributed by atoms with van der Waals surface area (Å²) < 4.78 is 5.86. The number of allylic oxidation sites excluding steroid dienone is 8. The number of ether oxygens (including phenoxy) is 1. The molecule has 0 aliphatic carbocycles. The summed E-state index contributed by atoms with van der Waals surface area (Å²) in [5.74, 6) is -0.518.